The van der Waals surface area contributed by atoms with Gasteiger partial charge in [-0.25, -0.2) is 0 Å². The fourth-order valence-corrected chi connectivity index (χ4v) is 1.12. The number of hydrogen-bond acceptors (Lipinski definition) is 2. The molecule has 0 spiro atoms. The molecule has 0 aliphatic carbocycles. The Balaban J connectivity index is 3.67. The van der Waals surface area contributed by atoms with Crippen LogP contribution in [0.2, 0.25) is 0 Å². The third-order valence-electron chi connectivity index (χ3n) is 0.657. The van der Waals surface area contributed by atoms with Crippen LogP contribution in [0.25, 0.3) is 0 Å². The summed E-state index contributed by atoms with van der Waals surface area (Å²) in [5.74, 6) is -2.96. The summed E-state index contributed by atoms with van der Waals surface area (Å²) in [6.07, 6.45) is 0. The molecule has 0 rings (SSSR count). The molecule has 0 fully saturated rings. The van der Waals surface area contributed by atoms with Gasteiger partial charge in [0.05, 0.1) is 6.61 Å². The maximum Gasteiger partial charge on any atom is 0.279 e. The summed E-state index contributed by atoms with van der Waals surface area (Å²) in [7, 11) is 0. The minimum Gasteiger partial charge on any atom is -0.334 e. The average molecular weight is 203 g/mol. The first kappa shape index (κ1) is 10.9. The van der Waals surface area contributed by atoms with E-state index in [-0.39, 0.29) is 5.41 Å². The van der Waals surface area contributed by atoms with E-state index in [1.165, 1.54) is 0 Å². The van der Waals surface area contributed by atoms with Crippen molar-refractivity contribution in [1.29, 1.82) is 0 Å². The molecule has 1 atom stereocenters. The topological polar surface area (TPSA) is 29.5 Å². The van der Waals surface area contributed by atoms with Crippen molar-refractivity contribution in [3.05, 3.63) is 0 Å². The molecule has 0 saturated heterocycles. The molecule has 0 saturated carbocycles. The Labute approximate surface area is 71.5 Å². The largest absolute Gasteiger partial charge is 0.334 e. The van der Waals surface area contributed by atoms with Gasteiger partial charge in [-0.1, -0.05) is 20.8 Å². The highest BCUT2D eigenvalue weighted by Gasteiger charge is 2.15. The normalized spacial score (nSPS) is 18.5. The molecular formula is C5H12ClO2PS. The molecule has 0 aromatic heterocycles. The Hall–Kier alpha value is 0.860. The lowest BCUT2D eigenvalue weighted by molar-refractivity contribution is 0.202. The molecule has 10 heavy (non-hydrogen) atoms. The van der Waals surface area contributed by atoms with Crippen LogP contribution in [0.3, 0.4) is 0 Å². The van der Waals surface area contributed by atoms with Crippen molar-refractivity contribution in [2.24, 2.45) is 5.41 Å². The van der Waals surface area contributed by atoms with Crippen molar-refractivity contribution in [2.75, 3.05) is 6.61 Å². The predicted molar refractivity (Wildman–Crippen MR) is 47.8 cm³/mol. The molecule has 0 aliphatic rings. The fourth-order valence-electron chi connectivity index (χ4n) is 0.273. The molecule has 5 heteroatoms. The van der Waals surface area contributed by atoms with Gasteiger partial charge < -0.3 is 9.42 Å². The minimum atomic E-state index is -2.96. The highest BCUT2D eigenvalue weighted by Crippen LogP contribution is 2.48. The average Bonchev–Trinajstić information content (AvgIpc) is 1.57. The molecule has 1 unspecified atom stereocenters. The monoisotopic (exact) mass is 202 g/mol. The Morgan fingerprint density at radius 2 is 2.00 bits per heavy atom. The molecule has 0 bridgehead atoms. The summed E-state index contributed by atoms with van der Waals surface area (Å²) in [6, 6.07) is 0. The van der Waals surface area contributed by atoms with Gasteiger partial charge in [0.25, 0.3) is 5.84 Å². The number of rotatable bonds is 2. The van der Waals surface area contributed by atoms with Crippen LogP contribution in [0.4, 0.5) is 0 Å². The zero-order chi connectivity index (χ0) is 8.41. The first-order valence-corrected chi connectivity index (χ1v) is 6.45. The third-order valence-corrected chi connectivity index (χ3v) is 1.71. The molecule has 0 aliphatic heterocycles. The van der Waals surface area contributed by atoms with Crippen molar-refractivity contribution in [1.82, 2.24) is 0 Å². The second kappa shape index (κ2) is 3.51. The van der Waals surface area contributed by atoms with E-state index in [1.54, 1.807) is 0 Å². The lowest BCUT2D eigenvalue weighted by atomic mass is 9.99. The van der Waals surface area contributed by atoms with Crippen molar-refractivity contribution in [2.45, 2.75) is 20.8 Å². The van der Waals surface area contributed by atoms with Crippen LogP contribution < -0.4 is 0 Å². The molecule has 0 aromatic carbocycles. The van der Waals surface area contributed by atoms with Gasteiger partial charge in [0.1, 0.15) is 0 Å². The summed E-state index contributed by atoms with van der Waals surface area (Å²) in [5.41, 5.74) is 0.00167. The van der Waals surface area contributed by atoms with Gasteiger partial charge >= 0.3 is 0 Å². The summed E-state index contributed by atoms with van der Waals surface area (Å²) in [5, 5.41) is 0. The zero-order valence-electron chi connectivity index (χ0n) is 6.30. The molecule has 2 nitrogen and oxygen atoms in total. The first-order chi connectivity index (χ1) is 4.21. The Bertz CT molecular complexity index is 148. The van der Waals surface area contributed by atoms with Crippen LogP contribution in [0.15, 0.2) is 0 Å². The smallest absolute Gasteiger partial charge is 0.279 e. The lowest BCUT2D eigenvalue weighted by Gasteiger charge is -2.19. The van der Waals surface area contributed by atoms with Crippen LogP contribution in [0, 0.1) is 5.41 Å². The second-order valence-electron chi connectivity index (χ2n) is 3.29. The first-order valence-electron chi connectivity index (χ1n) is 2.88. The predicted octanol–water partition coefficient (Wildman–Crippen LogP) is 2.50. The molecule has 1 N–H and O–H groups in total. The summed E-state index contributed by atoms with van der Waals surface area (Å²) < 4.78 is 4.84. The van der Waals surface area contributed by atoms with Gasteiger partial charge in [-0.3, -0.25) is 0 Å². The molecule has 0 heterocycles. The fraction of sp³-hybridized carbons (Fsp3) is 1.00. The van der Waals surface area contributed by atoms with E-state index in [0.29, 0.717) is 6.61 Å². The summed E-state index contributed by atoms with van der Waals surface area (Å²) in [4.78, 5) is 8.85. The van der Waals surface area contributed by atoms with Gasteiger partial charge in [-0.2, -0.15) is 0 Å². The van der Waals surface area contributed by atoms with E-state index in [1.807, 2.05) is 20.8 Å². The van der Waals surface area contributed by atoms with Crippen molar-refractivity contribution >= 4 is 28.9 Å². The van der Waals surface area contributed by atoms with Gasteiger partial charge in [-0.05, 0) is 28.5 Å². The van der Waals surface area contributed by atoms with Gasteiger partial charge in [0.15, 0.2) is 0 Å². The second-order valence-corrected chi connectivity index (χ2v) is 7.91. The van der Waals surface area contributed by atoms with E-state index < -0.39 is 5.84 Å². The van der Waals surface area contributed by atoms with Crippen LogP contribution in [0.1, 0.15) is 20.8 Å². The Kier molecular flexibility index (Phi) is 3.81. The quantitative estimate of drug-likeness (QED) is 0.698. The van der Waals surface area contributed by atoms with Crippen LogP contribution >= 0.6 is 17.1 Å². The molecule has 0 aromatic rings. The molecular weight excluding hydrogens is 191 g/mol. The summed E-state index contributed by atoms with van der Waals surface area (Å²) >= 11 is 9.76. The van der Waals surface area contributed by atoms with E-state index in [4.69, 9.17) is 20.7 Å². The van der Waals surface area contributed by atoms with Gasteiger partial charge in [0, 0.05) is 0 Å². The Morgan fingerprint density at radius 3 is 2.10 bits per heavy atom. The minimum absolute atomic E-state index is 0.00167. The van der Waals surface area contributed by atoms with E-state index in [9.17, 15) is 0 Å². The van der Waals surface area contributed by atoms with E-state index in [2.05, 4.69) is 11.8 Å². The van der Waals surface area contributed by atoms with Crippen LogP contribution in [-0.2, 0) is 16.3 Å². The maximum absolute atomic E-state index is 8.85. The number of hydrogen-bond donors (Lipinski definition) is 1. The standard InChI is InChI=1S/C5H12ClO2PS/c1-5(2,3)4-8-9(6,7)10/h4H2,1-3H3,(H,7,10). The van der Waals surface area contributed by atoms with Crippen molar-refractivity contribution in [3.63, 3.8) is 0 Å². The number of halogens is 1. The highest BCUT2D eigenvalue weighted by molar-refractivity contribution is 8.21. The Morgan fingerprint density at radius 1 is 1.60 bits per heavy atom. The van der Waals surface area contributed by atoms with Crippen LogP contribution in [-0.4, -0.2) is 11.5 Å². The summed E-state index contributed by atoms with van der Waals surface area (Å²) in [6.45, 7) is 6.34. The van der Waals surface area contributed by atoms with Crippen molar-refractivity contribution in [3.8, 4) is 0 Å². The zero-order valence-corrected chi connectivity index (χ0v) is 8.76. The lowest BCUT2D eigenvalue weighted by Crippen LogP contribution is -2.12. The van der Waals surface area contributed by atoms with Gasteiger partial charge in [0.2, 0.25) is 0 Å². The van der Waals surface area contributed by atoms with E-state index >= 15 is 0 Å². The van der Waals surface area contributed by atoms with E-state index in [0.717, 1.165) is 0 Å². The van der Waals surface area contributed by atoms with Gasteiger partial charge in [-0.15, -0.1) is 0 Å². The molecule has 0 amide bonds. The van der Waals surface area contributed by atoms with Crippen molar-refractivity contribution < 1.29 is 9.42 Å². The maximum atomic E-state index is 8.85. The highest BCUT2D eigenvalue weighted by atomic mass is 35.7. The SMILES string of the molecule is CC(C)(C)COP(O)(=S)Cl. The molecule has 62 valence electrons. The third kappa shape index (κ3) is 8.86. The molecule has 0 radical (unpaired) electrons. The van der Waals surface area contributed by atoms with Crippen LogP contribution in [0.5, 0.6) is 0 Å².